The van der Waals surface area contributed by atoms with Crippen molar-refractivity contribution < 1.29 is 4.79 Å². The lowest BCUT2D eigenvalue weighted by molar-refractivity contribution is -0.128. The molecular weight excluding hydrogens is 380 g/mol. The topological polar surface area (TPSA) is 41.4 Å². The van der Waals surface area contributed by atoms with Gasteiger partial charge in [-0.15, -0.1) is 0 Å². The van der Waals surface area contributed by atoms with Crippen LogP contribution in [0, 0.1) is 13.8 Å². The molecule has 1 aromatic carbocycles. The second kappa shape index (κ2) is 9.24. The molecule has 0 bridgehead atoms. The number of hydrogen-bond donors (Lipinski definition) is 0. The Kier molecular flexibility index (Phi) is 6.48. The molecule has 0 spiro atoms. The second-order valence-electron chi connectivity index (χ2n) is 8.22. The highest BCUT2D eigenvalue weighted by molar-refractivity contribution is 7.99. The first-order valence-corrected chi connectivity index (χ1v) is 11.9. The number of amides is 1. The Morgan fingerprint density at radius 1 is 1.03 bits per heavy atom. The molecule has 6 heteroatoms. The molecule has 1 aliphatic carbocycles. The summed E-state index contributed by atoms with van der Waals surface area (Å²) in [5.41, 5.74) is 3.61. The average Bonchev–Trinajstić information content (AvgIpc) is 3.07. The van der Waals surface area contributed by atoms with E-state index < -0.39 is 0 Å². The molecular formula is C23H32N4OS. The molecule has 2 aliphatic rings. The van der Waals surface area contributed by atoms with Crippen LogP contribution in [0.25, 0.3) is 0 Å². The van der Waals surface area contributed by atoms with Crippen molar-refractivity contribution >= 4 is 23.4 Å². The fourth-order valence-electron chi connectivity index (χ4n) is 4.54. The number of imidazole rings is 1. The van der Waals surface area contributed by atoms with Gasteiger partial charge in [-0.1, -0.05) is 49.2 Å². The smallest absolute Gasteiger partial charge is 0.233 e. The van der Waals surface area contributed by atoms with Gasteiger partial charge >= 0.3 is 0 Å². The van der Waals surface area contributed by atoms with E-state index in [9.17, 15) is 4.79 Å². The third-order valence-electron chi connectivity index (χ3n) is 6.37. The quantitative estimate of drug-likeness (QED) is 0.681. The van der Waals surface area contributed by atoms with Crippen molar-refractivity contribution in [1.82, 2.24) is 14.5 Å². The summed E-state index contributed by atoms with van der Waals surface area (Å²) in [5, 5.41) is 1.03. The van der Waals surface area contributed by atoms with Crippen LogP contribution in [0.4, 0.5) is 5.69 Å². The summed E-state index contributed by atoms with van der Waals surface area (Å²) in [4.78, 5) is 22.0. The number of carbonyl (C=O) groups is 1. The van der Waals surface area contributed by atoms with Gasteiger partial charge in [0.25, 0.3) is 0 Å². The van der Waals surface area contributed by atoms with Gasteiger partial charge in [-0.25, -0.2) is 4.98 Å². The fraction of sp³-hybridized carbons (Fsp3) is 0.565. The van der Waals surface area contributed by atoms with E-state index in [0.717, 1.165) is 37.0 Å². The van der Waals surface area contributed by atoms with Crippen LogP contribution < -0.4 is 4.90 Å². The van der Waals surface area contributed by atoms with Crippen LogP contribution >= 0.6 is 11.8 Å². The first-order chi connectivity index (χ1) is 14.1. The minimum Gasteiger partial charge on any atom is -0.368 e. The van der Waals surface area contributed by atoms with Crippen LogP contribution in [0.1, 0.15) is 49.5 Å². The predicted molar refractivity (Wildman–Crippen MR) is 120 cm³/mol. The summed E-state index contributed by atoms with van der Waals surface area (Å²) in [6.07, 6.45) is 6.42. The molecule has 2 heterocycles. The first kappa shape index (κ1) is 20.3. The molecule has 1 aliphatic heterocycles. The molecule has 1 amide bonds. The molecule has 29 heavy (non-hydrogen) atoms. The van der Waals surface area contributed by atoms with Gasteiger partial charge in [0, 0.05) is 43.6 Å². The zero-order valence-electron chi connectivity index (χ0n) is 17.6. The number of thioether (sulfide) groups is 1. The molecule has 1 aromatic heterocycles. The minimum absolute atomic E-state index is 0.233. The maximum atomic E-state index is 12.8. The Balaban J connectivity index is 1.34. The first-order valence-electron chi connectivity index (χ1n) is 10.9. The molecule has 1 saturated heterocycles. The number of carbonyl (C=O) groups excluding carboxylic acids is 1. The van der Waals surface area contributed by atoms with E-state index in [4.69, 9.17) is 4.98 Å². The van der Waals surface area contributed by atoms with E-state index in [1.807, 2.05) is 11.0 Å². The van der Waals surface area contributed by atoms with E-state index in [1.54, 1.807) is 11.8 Å². The number of rotatable bonds is 5. The van der Waals surface area contributed by atoms with Crippen molar-refractivity contribution in [3.05, 3.63) is 41.7 Å². The number of piperazine rings is 1. The lowest BCUT2D eigenvalue weighted by atomic mass is 9.95. The van der Waals surface area contributed by atoms with Crippen molar-refractivity contribution in [1.29, 1.82) is 0 Å². The van der Waals surface area contributed by atoms with Gasteiger partial charge < -0.3 is 14.4 Å². The molecule has 156 valence electrons. The fourth-order valence-corrected chi connectivity index (χ4v) is 5.60. The number of hydrogen-bond acceptors (Lipinski definition) is 4. The van der Waals surface area contributed by atoms with Crippen LogP contribution in [0.15, 0.2) is 35.5 Å². The highest BCUT2D eigenvalue weighted by atomic mass is 32.2. The van der Waals surface area contributed by atoms with Crippen LogP contribution in [0.2, 0.25) is 0 Å². The zero-order chi connectivity index (χ0) is 20.2. The molecule has 2 fully saturated rings. The summed E-state index contributed by atoms with van der Waals surface area (Å²) < 4.78 is 2.42. The number of aromatic nitrogens is 2. The monoisotopic (exact) mass is 412 g/mol. The lowest BCUT2D eigenvalue weighted by Crippen LogP contribution is -2.49. The molecule has 0 N–H and O–H groups in total. The lowest BCUT2D eigenvalue weighted by Gasteiger charge is -2.36. The van der Waals surface area contributed by atoms with Crippen LogP contribution in [-0.4, -0.2) is 52.3 Å². The Bertz CT molecular complexity index is 821. The summed E-state index contributed by atoms with van der Waals surface area (Å²) in [6, 6.07) is 11.0. The van der Waals surface area contributed by atoms with Crippen molar-refractivity contribution in [3.63, 3.8) is 0 Å². The van der Waals surface area contributed by atoms with Crippen molar-refractivity contribution in [3.8, 4) is 0 Å². The molecule has 5 nitrogen and oxygen atoms in total. The maximum Gasteiger partial charge on any atom is 0.233 e. The average molecular weight is 413 g/mol. The predicted octanol–water partition coefficient (Wildman–Crippen LogP) is 4.45. The van der Waals surface area contributed by atoms with Gasteiger partial charge in [-0.3, -0.25) is 4.79 Å². The van der Waals surface area contributed by atoms with Gasteiger partial charge in [0.2, 0.25) is 5.91 Å². The maximum absolute atomic E-state index is 12.8. The molecule has 0 atom stereocenters. The Morgan fingerprint density at radius 3 is 2.41 bits per heavy atom. The van der Waals surface area contributed by atoms with E-state index in [2.05, 4.69) is 47.6 Å². The second-order valence-corrected chi connectivity index (χ2v) is 9.16. The number of anilines is 1. The van der Waals surface area contributed by atoms with Crippen LogP contribution in [-0.2, 0) is 4.79 Å². The normalized spacial score (nSPS) is 18.3. The van der Waals surface area contributed by atoms with Gasteiger partial charge in [-0.05, 0) is 38.8 Å². The van der Waals surface area contributed by atoms with Crippen molar-refractivity contribution in [2.24, 2.45) is 0 Å². The van der Waals surface area contributed by atoms with Crippen molar-refractivity contribution in [2.75, 3.05) is 36.8 Å². The highest BCUT2D eigenvalue weighted by Gasteiger charge is 2.25. The van der Waals surface area contributed by atoms with E-state index in [-0.39, 0.29) is 5.91 Å². The molecule has 2 aromatic rings. The van der Waals surface area contributed by atoms with Crippen LogP contribution in [0.5, 0.6) is 0 Å². The molecule has 0 unspecified atom stereocenters. The Labute approximate surface area is 178 Å². The summed E-state index contributed by atoms with van der Waals surface area (Å²) >= 11 is 1.62. The summed E-state index contributed by atoms with van der Waals surface area (Å²) in [5.74, 6) is 0.713. The van der Waals surface area contributed by atoms with E-state index in [1.165, 1.54) is 43.5 Å². The number of para-hydroxylation sites is 1. The van der Waals surface area contributed by atoms with Crippen LogP contribution in [0.3, 0.4) is 0 Å². The Morgan fingerprint density at radius 2 is 1.72 bits per heavy atom. The SMILES string of the molecule is Cc1nc(SCC(=O)N2CCN(c3ccccc3)CC2)n(C2CCCCC2)c1C. The van der Waals surface area contributed by atoms with Gasteiger partial charge in [0.1, 0.15) is 0 Å². The zero-order valence-corrected chi connectivity index (χ0v) is 18.5. The van der Waals surface area contributed by atoms with E-state index >= 15 is 0 Å². The number of nitrogens with zero attached hydrogens (tertiary/aromatic N) is 4. The molecule has 1 saturated carbocycles. The highest BCUT2D eigenvalue weighted by Crippen LogP contribution is 2.34. The third kappa shape index (κ3) is 4.63. The molecule has 0 radical (unpaired) electrons. The molecule has 4 rings (SSSR count). The number of aryl methyl sites for hydroxylation is 1. The van der Waals surface area contributed by atoms with Gasteiger partial charge in [-0.2, -0.15) is 0 Å². The Hall–Kier alpha value is -1.95. The number of benzene rings is 1. The third-order valence-corrected chi connectivity index (χ3v) is 7.31. The van der Waals surface area contributed by atoms with Gasteiger partial charge in [0.15, 0.2) is 5.16 Å². The minimum atomic E-state index is 0.233. The summed E-state index contributed by atoms with van der Waals surface area (Å²) in [6.45, 7) is 7.65. The summed E-state index contributed by atoms with van der Waals surface area (Å²) in [7, 11) is 0. The van der Waals surface area contributed by atoms with Crippen molar-refractivity contribution in [2.45, 2.75) is 57.1 Å². The standard InChI is InChI=1S/C23H32N4OS/c1-18-19(2)27(21-11-7-4-8-12-21)23(24-18)29-17-22(28)26-15-13-25(14-16-26)20-9-5-3-6-10-20/h3,5-6,9-10,21H,4,7-8,11-17H2,1-2H3. The van der Waals surface area contributed by atoms with Gasteiger partial charge in [0.05, 0.1) is 11.4 Å². The van der Waals surface area contributed by atoms with E-state index in [0.29, 0.717) is 11.8 Å². The largest absolute Gasteiger partial charge is 0.368 e.